The number of hydrogen-bond donors (Lipinski definition) is 2. The van der Waals surface area contributed by atoms with E-state index in [1.165, 1.54) is 11.3 Å². The van der Waals surface area contributed by atoms with Crippen LogP contribution >= 0.6 is 22.7 Å². The molecule has 0 saturated carbocycles. The highest BCUT2D eigenvalue weighted by atomic mass is 32.1. The molecule has 0 saturated heterocycles. The summed E-state index contributed by atoms with van der Waals surface area (Å²) in [5, 5.41) is 10.3. The molecule has 1 aromatic carbocycles. The number of hydrogen-bond acceptors (Lipinski definition) is 5. The Hall–Kier alpha value is -2.51. The van der Waals surface area contributed by atoms with Crippen LogP contribution in [-0.2, 0) is 22.4 Å². The van der Waals surface area contributed by atoms with Gasteiger partial charge in [-0.25, -0.2) is 4.98 Å². The van der Waals surface area contributed by atoms with Gasteiger partial charge in [0, 0.05) is 10.3 Å². The van der Waals surface area contributed by atoms with Gasteiger partial charge in [0.15, 0.2) is 5.13 Å². The third-order valence-corrected chi connectivity index (χ3v) is 6.09. The standard InChI is InChI=1S/C23H27N3O2S2/c1-23(2,3)14-19(16-8-5-4-6-9-16)25-20(27)12-17-15-30-22(24-17)26-21(28)13-18-10-7-11-29-18/h4-11,15,19H,12-14H2,1-3H3,(H,25,27)(H,24,26,28). The molecule has 2 heterocycles. The molecule has 30 heavy (non-hydrogen) atoms. The molecule has 3 aromatic rings. The molecule has 1 unspecified atom stereocenters. The third kappa shape index (κ3) is 7.07. The predicted octanol–water partition coefficient (Wildman–Crippen LogP) is 5.22. The first-order valence-electron chi connectivity index (χ1n) is 9.89. The van der Waals surface area contributed by atoms with Crippen LogP contribution in [0.15, 0.2) is 53.2 Å². The van der Waals surface area contributed by atoms with Gasteiger partial charge in [0.25, 0.3) is 0 Å². The van der Waals surface area contributed by atoms with Crippen LogP contribution in [0.5, 0.6) is 0 Å². The first-order chi connectivity index (χ1) is 14.3. The maximum atomic E-state index is 12.7. The Bertz CT molecular complexity index is 960. The lowest BCUT2D eigenvalue weighted by atomic mass is 9.85. The number of nitrogens with zero attached hydrogens (tertiary/aromatic N) is 1. The van der Waals surface area contributed by atoms with E-state index in [-0.39, 0.29) is 29.7 Å². The topological polar surface area (TPSA) is 71.1 Å². The van der Waals surface area contributed by atoms with Crippen molar-refractivity contribution < 1.29 is 9.59 Å². The van der Waals surface area contributed by atoms with Crippen molar-refractivity contribution in [3.05, 3.63) is 69.4 Å². The Labute approximate surface area is 185 Å². The van der Waals surface area contributed by atoms with Crippen LogP contribution in [0.4, 0.5) is 5.13 Å². The Morgan fingerprint density at radius 3 is 2.43 bits per heavy atom. The summed E-state index contributed by atoms with van der Waals surface area (Å²) in [7, 11) is 0. The second-order valence-electron chi connectivity index (χ2n) is 8.42. The average Bonchev–Trinajstić information content (AvgIpc) is 3.33. The molecule has 3 rings (SSSR count). The number of aromatic nitrogens is 1. The van der Waals surface area contributed by atoms with E-state index in [0.29, 0.717) is 17.2 Å². The summed E-state index contributed by atoms with van der Waals surface area (Å²) in [5.41, 5.74) is 1.83. The van der Waals surface area contributed by atoms with Crippen LogP contribution < -0.4 is 10.6 Å². The molecular formula is C23H27N3O2S2. The summed E-state index contributed by atoms with van der Waals surface area (Å²) in [6.07, 6.45) is 1.35. The lowest BCUT2D eigenvalue weighted by Crippen LogP contribution is -2.32. The number of benzene rings is 1. The summed E-state index contributed by atoms with van der Waals surface area (Å²) < 4.78 is 0. The molecular weight excluding hydrogens is 414 g/mol. The minimum Gasteiger partial charge on any atom is -0.349 e. The number of nitrogens with one attached hydrogen (secondary N) is 2. The molecule has 0 bridgehead atoms. The number of amides is 2. The van der Waals surface area contributed by atoms with E-state index in [2.05, 4.69) is 36.4 Å². The van der Waals surface area contributed by atoms with Crippen molar-refractivity contribution in [3.8, 4) is 0 Å². The minimum absolute atomic E-state index is 0.0534. The third-order valence-electron chi connectivity index (χ3n) is 4.41. The Kier molecular flexibility index (Phi) is 7.39. The first kappa shape index (κ1) is 22.2. The van der Waals surface area contributed by atoms with Gasteiger partial charge < -0.3 is 10.6 Å². The van der Waals surface area contributed by atoms with Crippen LogP contribution in [0.3, 0.4) is 0 Å². The highest BCUT2D eigenvalue weighted by molar-refractivity contribution is 7.14. The van der Waals surface area contributed by atoms with Crippen molar-refractivity contribution in [2.24, 2.45) is 5.41 Å². The number of thiophene rings is 1. The second kappa shape index (κ2) is 10.00. The van der Waals surface area contributed by atoms with Crippen molar-refractivity contribution in [2.75, 3.05) is 5.32 Å². The van der Waals surface area contributed by atoms with E-state index in [9.17, 15) is 9.59 Å². The zero-order chi connectivity index (χ0) is 21.6. The monoisotopic (exact) mass is 441 g/mol. The number of carbonyl (C=O) groups excluding carboxylic acids is 2. The molecule has 0 fully saturated rings. The van der Waals surface area contributed by atoms with E-state index < -0.39 is 0 Å². The lowest BCUT2D eigenvalue weighted by Gasteiger charge is -2.27. The van der Waals surface area contributed by atoms with Gasteiger partial charge in [-0.1, -0.05) is 57.2 Å². The predicted molar refractivity (Wildman–Crippen MR) is 124 cm³/mol. The molecule has 0 aliphatic heterocycles. The second-order valence-corrected chi connectivity index (χ2v) is 10.3. The molecule has 7 heteroatoms. The fourth-order valence-corrected chi connectivity index (χ4v) is 4.57. The molecule has 0 radical (unpaired) electrons. The van der Waals surface area contributed by atoms with E-state index in [4.69, 9.17) is 0 Å². The Morgan fingerprint density at radius 1 is 1.00 bits per heavy atom. The van der Waals surface area contributed by atoms with E-state index >= 15 is 0 Å². The molecule has 158 valence electrons. The number of thiazole rings is 1. The van der Waals surface area contributed by atoms with Gasteiger partial charge in [-0.05, 0) is 28.8 Å². The van der Waals surface area contributed by atoms with E-state index in [1.54, 1.807) is 11.3 Å². The molecule has 0 aliphatic rings. The highest BCUT2D eigenvalue weighted by Gasteiger charge is 2.22. The largest absolute Gasteiger partial charge is 0.349 e. The van der Waals surface area contributed by atoms with E-state index in [1.807, 2.05) is 53.2 Å². The molecule has 2 amide bonds. The maximum absolute atomic E-state index is 12.7. The normalized spacial score (nSPS) is 12.4. The van der Waals surface area contributed by atoms with Crippen LogP contribution in [0.25, 0.3) is 0 Å². The maximum Gasteiger partial charge on any atom is 0.231 e. The van der Waals surface area contributed by atoms with Crippen molar-refractivity contribution in [1.29, 1.82) is 0 Å². The van der Waals surface area contributed by atoms with Crippen molar-refractivity contribution in [3.63, 3.8) is 0 Å². The van der Waals surface area contributed by atoms with Gasteiger partial charge in [-0.3, -0.25) is 9.59 Å². The molecule has 2 aromatic heterocycles. The summed E-state index contributed by atoms with van der Waals surface area (Å²) in [4.78, 5) is 30.2. The molecule has 5 nitrogen and oxygen atoms in total. The molecule has 0 spiro atoms. The molecule has 2 N–H and O–H groups in total. The first-order valence-corrected chi connectivity index (χ1v) is 11.7. The molecule has 0 aliphatic carbocycles. The minimum atomic E-state index is -0.0999. The smallest absolute Gasteiger partial charge is 0.231 e. The van der Waals surface area contributed by atoms with Gasteiger partial charge in [-0.15, -0.1) is 22.7 Å². The number of rotatable bonds is 8. The van der Waals surface area contributed by atoms with Crippen LogP contribution in [0.2, 0.25) is 0 Å². The SMILES string of the molecule is CC(C)(C)CC(NC(=O)Cc1csc(NC(=O)Cc2cccs2)n1)c1ccccc1. The van der Waals surface area contributed by atoms with Gasteiger partial charge in [0.2, 0.25) is 11.8 Å². The fourth-order valence-electron chi connectivity index (χ4n) is 3.14. The van der Waals surface area contributed by atoms with Gasteiger partial charge >= 0.3 is 0 Å². The van der Waals surface area contributed by atoms with Crippen LogP contribution in [-0.4, -0.2) is 16.8 Å². The average molecular weight is 442 g/mol. The summed E-state index contributed by atoms with van der Waals surface area (Å²) >= 11 is 2.89. The zero-order valence-corrected chi connectivity index (χ0v) is 19.1. The number of anilines is 1. The lowest BCUT2D eigenvalue weighted by molar-refractivity contribution is -0.121. The quantitative estimate of drug-likeness (QED) is 0.503. The van der Waals surface area contributed by atoms with Crippen LogP contribution in [0, 0.1) is 5.41 Å². The van der Waals surface area contributed by atoms with Crippen LogP contribution in [0.1, 0.15) is 49.4 Å². The Balaban J connectivity index is 1.57. The van der Waals surface area contributed by atoms with Gasteiger partial charge in [0.05, 0.1) is 24.6 Å². The number of carbonyl (C=O) groups is 2. The van der Waals surface area contributed by atoms with Crippen molar-refractivity contribution in [2.45, 2.75) is 46.1 Å². The summed E-state index contributed by atoms with van der Waals surface area (Å²) in [6.45, 7) is 6.50. The Morgan fingerprint density at radius 2 is 1.77 bits per heavy atom. The summed E-state index contributed by atoms with van der Waals surface area (Å²) in [6, 6.07) is 13.8. The summed E-state index contributed by atoms with van der Waals surface area (Å²) in [5.74, 6) is -0.174. The fraction of sp³-hybridized carbons (Fsp3) is 0.348. The zero-order valence-electron chi connectivity index (χ0n) is 17.5. The highest BCUT2D eigenvalue weighted by Crippen LogP contribution is 2.29. The molecule has 1 atom stereocenters. The van der Waals surface area contributed by atoms with E-state index in [0.717, 1.165) is 16.9 Å². The van der Waals surface area contributed by atoms with Gasteiger partial charge in [0.1, 0.15) is 0 Å². The van der Waals surface area contributed by atoms with Gasteiger partial charge in [-0.2, -0.15) is 0 Å². The van der Waals surface area contributed by atoms with Crippen molar-refractivity contribution >= 4 is 39.6 Å². The van der Waals surface area contributed by atoms with Crippen molar-refractivity contribution in [1.82, 2.24) is 10.3 Å².